The molecule has 2 atom stereocenters. The van der Waals surface area contributed by atoms with Crippen LogP contribution in [0.4, 0.5) is 5.82 Å². The smallest absolute Gasteiger partial charge is 0.337 e. The number of aromatic nitrogens is 12. The van der Waals surface area contributed by atoms with Crippen molar-refractivity contribution in [2.75, 3.05) is 5.32 Å². The van der Waals surface area contributed by atoms with Crippen LogP contribution in [0.3, 0.4) is 0 Å². The van der Waals surface area contributed by atoms with Crippen molar-refractivity contribution in [1.29, 1.82) is 0 Å². The second kappa shape index (κ2) is 15.7. The molecule has 0 aliphatic heterocycles. The maximum absolute atomic E-state index is 13.2. The zero-order valence-corrected chi connectivity index (χ0v) is 31.4. The van der Waals surface area contributed by atoms with Gasteiger partial charge in [-0.2, -0.15) is 0 Å². The Bertz CT molecular complexity index is 3070. The molecule has 0 fully saturated rings. The lowest BCUT2D eigenvalue weighted by Gasteiger charge is -2.21. The van der Waals surface area contributed by atoms with E-state index >= 15 is 0 Å². The van der Waals surface area contributed by atoms with Gasteiger partial charge in [-0.25, -0.2) is 39.5 Å². The van der Waals surface area contributed by atoms with Crippen LogP contribution in [-0.2, 0) is 0 Å². The van der Waals surface area contributed by atoms with Crippen LogP contribution in [0.15, 0.2) is 144 Å². The average Bonchev–Trinajstić information content (AvgIpc) is 4.07. The summed E-state index contributed by atoms with van der Waals surface area (Å²) < 4.78 is 6.65. The predicted octanol–water partition coefficient (Wildman–Crippen LogP) is 6.05. The SMILES string of the molecule is CC(N)c1cc2cccn2c(=O)n1-c1ccccc1.CC(Nc1ncnc2nc[nH]c12)c1cc2cccn2c(=O)n1-c1ccccc1.Clc1ncnc2nc[nH]c12. The summed E-state index contributed by atoms with van der Waals surface area (Å²) in [5.74, 6) is 0.636. The van der Waals surface area contributed by atoms with Crippen LogP contribution in [0, 0.1) is 0 Å². The molecule has 0 saturated heterocycles. The molecule has 284 valence electrons. The van der Waals surface area contributed by atoms with Crippen molar-refractivity contribution in [2.24, 2.45) is 5.73 Å². The molecule has 5 N–H and O–H groups in total. The molecule has 0 radical (unpaired) electrons. The minimum Gasteiger partial charge on any atom is -0.360 e. The average molecular weight is 779 g/mol. The summed E-state index contributed by atoms with van der Waals surface area (Å²) in [5, 5.41) is 3.80. The van der Waals surface area contributed by atoms with Gasteiger partial charge >= 0.3 is 11.4 Å². The molecule has 8 aromatic heterocycles. The molecule has 0 aliphatic carbocycles. The largest absolute Gasteiger partial charge is 0.360 e. The van der Waals surface area contributed by atoms with Gasteiger partial charge in [-0.1, -0.05) is 48.0 Å². The first-order valence-electron chi connectivity index (χ1n) is 17.8. The van der Waals surface area contributed by atoms with Crippen LogP contribution in [-0.4, -0.2) is 57.8 Å². The quantitative estimate of drug-likeness (QED) is 0.144. The summed E-state index contributed by atoms with van der Waals surface area (Å²) in [5.41, 5.74) is 13.4. The normalized spacial score (nSPS) is 12.2. The van der Waals surface area contributed by atoms with Crippen LogP contribution in [0.5, 0.6) is 0 Å². The maximum Gasteiger partial charge on any atom is 0.337 e. The standard InChI is InChI=1S/C20H17N7O.C15H15N3O.C5H3ClN4/c1-13(25-19-17-18(22-11-21-17)23-12-24-19)16-10-15-8-5-9-26(15)20(28)27(16)14-6-3-2-4-7-14;1-11(16)14-10-13-8-5-9-17(13)15(19)18(14)12-6-3-2-4-7-12;6-4-3-5(9-1-7-3)10-2-8-4/h2-13H,1H3,(H2,21,22,23,24,25);2-11H,16H2,1H3;1-2H,(H,7,8,9,10). The maximum atomic E-state index is 13.2. The lowest BCUT2D eigenvalue weighted by Crippen LogP contribution is -2.29. The molecular weight excluding hydrogens is 744 g/mol. The molecule has 0 amide bonds. The van der Waals surface area contributed by atoms with E-state index in [4.69, 9.17) is 17.3 Å². The highest BCUT2D eigenvalue weighted by molar-refractivity contribution is 6.33. The first kappa shape index (κ1) is 36.5. The topological polar surface area (TPSA) is 200 Å². The molecule has 57 heavy (non-hydrogen) atoms. The molecule has 17 heteroatoms. The summed E-state index contributed by atoms with van der Waals surface area (Å²) >= 11 is 5.68. The molecule has 0 saturated carbocycles. The van der Waals surface area contributed by atoms with Gasteiger partial charge in [0.05, 0.1) is 46.8 Å². The third-order valence-corrected chi connectivity index (χ3v) is 9.44. The third kappa shape index (κ3) is 7.25. The van der Waals surface area contributed by atoms with E-state index < -0.39 is 0 Å². The first-order chi connectivity index (χ1) is 27.8. The Morgan fingerprint density at radius 2 is 1.14 bits per heavy atom. The fraction of sp³-hybridized carbons (Fsp3) is 0.100. The van der Waals surface area contributed by atoms with Crippen molar-refractivity contribution in [3.8, 4) is 11.4 Å². The number of para-hydroxylation sites is 2. The number of hydrogen-bond acceptors (Lipinski definition) is 10. The molecule has 2 unspecified atom stereocenters. The highest BCUT2D eigenvalue weighted by atomic mass is 35.5. The number of nitrogens with zero attached hydrogens (tertiary/aromatic N) is 10. The van der Waals surface area contributed by atoms with E-state index in [0.29, 0.717) is 27.8 Å². The Kier molecular flexibility index (Phi) is 10.1. The van der Waals surface area contributed by atoms with Crippen molar-refractivity contribution in [1.82, 2.24) is 57.8 Å². The van der Waals surface area contributed by atoms with Crippen molar-refractivity contribution in [3.05, 3.63) is 172 Å². The third-order valence-electron chi connectivity index (χ3n) is 9.16. The van der Waals surface area contributed by atoms with E-state index in [2.05, 4.69) is 45.2 Å². The Balaban J connectivity index is 0.000000134. The number of aromatic amines is 2. The Labute approximate surface area is 328 Å². The van der Waals surface area contributed by atoms with Gasteiger partial charge in [-0.3, -0.25) is 17.9 Å². The van der Waals surface area contributed by atoms with E-state index in [0.717, 1.165) is 39.3 Å². The fourth-order valence-corrected chi connectivity index (χ4v) is 6.64. The number of H-pyrrole nitrogens is 2. The van der Waals surface area contributed by atoms with Gasteiger partial charge in [0, 0.05) is 24.1 Å². The number of imidazole rings is 2. The molecule has 10 aromatic rings. The van der Waals surface area contributed by atoms with Gasteiger partial charge in [-0.15, -0.1) is 0 Å². The number of nitrogens with two attached hydrogens (primary N) is 1. The highest BCUT2D eigenvalue weighted by Crippen LogP contribution is 2.24. The number of rotatable bonds is 6. The van der Waals surface area contributed by atoms with Gasteiger partial charge in [0.25, 0.3) is 0 Å². The summed E-state index contributed by atoms with van der Waals surface area (Å²) in [6, 6.07) is 30.3. The van der Waals surface area contributed by atoms with Crippen molar-refractivity contribution in [2.45, 2.75) is 25.9 Å². The van der Waals surface area contributed by atoms with Crippen molar-refractivity contribution < 1.29 is 0 Å². The second-order valence-electron chi connectivity index (χ2n) is 12.9. The summed E-state index contributed by atoms with van der Waals surface area (Å²) in [4.78, 5) is 55.8. The monoisotopic (exact) mass is 778 g/mol. The molecule has 0 aliphatic rings. The van der Waals surface area contributed by atoms with Gasteiger partial charge in [0.1, 0.15) is 23.7 Å². The second-order valence-corrected chi connectivity index (χ2v) is 13.3. The van der Waals surface area contributed by atoms with E-state index in [1.54, 1.807) is 36.7 Å². The fourth-order valence-electron chi connectivity index (χ4n) is 6.46. The summed E-state index contributed by atoms with van der Waals surface area (Å²) in [7, 11) is 0. The van der Waals surface area contributed by atoms with Crippen LogP contribution < -0.4 is 22.4 Å². The van der Waals surface area contributed by atoms with Gasteiger partial charge in [-0.05, 0) is 74.5 Å². The van der Waals surface area contributed by atoms with Crippen LogP contribution >= 0.6 is 11.6 Å². The van der Waals surface area contributed by atoms with E-state index in [-0.39, 0.29) is 23.5 Å². The number of fused-ring (bicyclic) bond motifs is 4. The number of benzene rings is 2. The number of halogens is 1. The van der Waals surface area contributed by atoms with Crippen LogP contribution in [0.2, 0.25) is 5.15 Å². The van der Waals surface area contributed by atoms with Gasteiger partial charge in [0.2, 0.25) is 0 Å². The van der Waals surface area contributed by atoms with Crippen molar-refractivity contribution >= 4 is 50.8 Å². The van der Waals surface area contributed by atoms with Crippen LogP contribution in [0.25, 0.3) is 44.7 Å². The van der Waals surface area contributed by atoms with Crippen molar-refractivity contribution in [3.63, 3.8) is 0 Å². The summed E-state index contributed by atoms with van der Waals surface area (Å²) in [6.45, 7) is 3.88. The number of anilines is 1. The minimum absolute atomic E-state index is 0.0963. The minimum atomic E-state index is -0.215. The lowest BCUT2D eigenvalue weighted by atomic mass is 10.2. The lowest BCUT2D eigenvalue weighted by molar-refractivity contribution is 0.709. The van der Waals surface area contributed by atoms with E-state index in [1.807, 2.05) is 111 Å². The van der Waals surface area contributed by atoms with E-state index in [9.17, 15) is 9.59 Å². The molecule has 16 nitrogen and oxygen atoms in total. The molecule has 8 heterocycles. The highest BCUT2D eigenvalue weighted by Gasteiger charge is 2.18. The summed E-state index contributed by atoms with van der Waals surface area (Å²) in [6.07, 6.45) is 9.51. The number of nitrogens with one attached hydrogen (secondary N) is 3. The Morgan fingerprint density at radius 1 is 0.632 bits per heavy atom. The zero-order valence-electron chi connectivity index (χ0n) is 30.6. The predicted molar refractivity (Wildman–Crippen MR) is 219 cm³/mol. The van der Waals surface area contributed by atoms with Gasteiger partial charge < -0.3 is 21.0 Å². The molecule has 0 spiro atoms. The zero-order chi connectivity index (χ0) is 39.5. The molecule has 2 aromatic carbocycles. The van der Waals surface area contributed by atoms with Gasteiger partial charge in [0.15, 0.2) is 22.3 Å². The first-order valence-corrected chi connectivity index (χ1v) is 18.2. The molecular formula is C40H35ClN14O2. The Morgan fingerprint density at radius 3 is 1.70 bits per heavy atom. The molecule has 10 rings (SSSR count). The number of hydrogen-bond donors (Lipinski definition) is 4. The Hall–Kier alpha value is -7.43. The molecule has 0 bridgehead atoms. The van der Waals surface area contributed by atoms with Crippen LogP contribution in [0.1, 0.15) is 37.3 Å². The van der Waals surface area contributed by atoms with E-state index in [1.165, 1.54) is 19.0 Å².